The number of likely N-dealkylation sites (tertiary alicyclic amines) is 1. The van der Waals surface area contributed by atoms with Crippen molar-refractivity contribution in [1.82, 2.24) is 19.3 Å². The Bertz CT molecular complexity index is 852. The standard InChI is InChI=1S/C24H34N4O/c1-18-5-8-23(28-19(2)6-7-20(28)3)22(17-18)24(29)27-11-9-21(10-12-27)26-15-13-25(4)14-16-26/h5-8,17,21H,9-16H2,1-4H3. The monoisotopic (exact) mass is 394 g/mol. The van der Waals surface area contributed by atoms with Crippen LogP contribution < -0.4 is 0 Å². The Morgan fingerprint density at radius 1 is 0.862 bits per heavy atom. The highest BCUT2D eigenvalue weighted by atomic mass is 16.2. The number of aryl methyl sites for hydroxylation is 3. The molecule has 0 aliphatic carbocycles. The van der Waals surface area contributed by atoms with Crippen molar-refractivity contribution in [3.8, 4) is 5.69 Å². The molecule has 0 N–H and O–H groups in total. The highest BCUT2D eigenvalue weighted by molar-refractivity contribution is 5.98. The minimum absolute atomic E-state index is 0.174. The van der Waals surface area contributed by atoms with E-state index in [2.05, 4.69) is 77.4 Å². The Balaban J connectivity index is 1.50. The molecule has 2 aliphatic rings. The number of hydrogen-bond acceptors (Lipinski definition) is 3. The number of aromatic nitrogens is 1. The van der Waals surface area contributed by atoms with Crippen molar-refractivity contribution >= 4 is 5.91 Å². The van der Waals surface area contributed by atoms with E-state index in [0.717, 1.165) is 80.3 Å². The van der Waals surface area contributed by atoms with Gasteiger partial charge in [0.2, 0.25) is 0 Å². The molecule has 29 heavy (non-hydrogen) atoms. The molecule has 1 amide bonds. The van der Waals surface area contributed by atoms with Crippen LogP contribution >= 0.6 is 0 Å². The topological polar surface area (TPSA) is 31.7 Å². The van der Waals surface area contributed by atoms with Crippen molar-refractivity contribution in [1.29, 1.82) is 0 Å². The zero-order valence-electron chi connectivity index (χ0n) is 18.3. The first kappa shape index (κ1) is 20.2. The van der Waals surface area contributed by atoms with E-state index in [1.54, 1.807) is 0 Å². The van der Waals surface area contributed by atoms with Crippen molar-refractivity contribution in [3.63, 3.8) is 0 Å². The first-order valence-corrected chi connectivity index (χ1v) is 10.9. The van der Waals surface area contributed by atoms with Gasteiger partial charge in [-0.3, -0.25) is 9.69 Å². The lowest BCUT2D eigenvalue weighted by Crippen LogP contribution is -2.53. The zero-order chi connectivity index (χ0) is 20.5. The third kappa shape index (κ3) is 4.12. The molecule has 2 aromatic rings. The van der Waals surface area contributed by atoms with Crippen molar-refractivity contribution in [3.05, 3.63) is 52.8 Å². The van der Waals surface area contributed by atoms with E-state index in [-0.39, 0.29) is 5.91 Å². The Labute approximate surface area is 174 Å². The number of hydrogen-bond donors (Lipinski definition) is 0. The van der Waals surface area contributed by atoms with Gasteiger partial charge in [-0.2, -0.15) is 0 Å². The fraction of sp³-hybridized carbons (Fsp3) is 0.542. The second-order valence-electron chi connectivity index (χ2n) is 8.83. The SMILES string of the molecule is Cc1ccc(-n2c(C)ccc2C)c(C(=O)N2CCC(N3CCN(C)CC3)CC2)c1. The van der Waals surface area contributed by atoms with Crippen LogP contribution in [0.15, 0.2) is 30.3 Å². The fourth-order valence-corrected chi connectivity index (χ4v) is 4.86. The largest absolute Gasteiger partial charge is 0.338 e. The summed E-state index contributed by atoms with van der Waals surface area (Å²) >= 11 is 0. The van der Waals surface area contributed by atoms with Gasteiger partial charge in [0.1, 0.15) is 0 Å². The molecule has 3 heterocycles. The number of benzene rings is 1. The normalized spacial score (nSPS) is 19.7. The molecule has 2 aliphatic heterocycles. The average Bonchev–Trinajstić information content (AvgIpc) is 3.06. The molecule has 1 aromatic heterocycles. The molecule has 2 fully saturated rings. The van der Waals surface area contributed by atoms with E-state index < -0.39 is 0 Å². The van der Waals surface area contributed by atoms with Crippen LogP contribution in [-0.4, -0.2) is 77.5 Å². The van der Waals surface area contributed by atoms with Gasteiger partial charge in [-0.05, 0) is 64.9 Å². The number of amides is 1. The van der Waals surface area contributed by atoms with Crippen LogP contribution in [0.1, 0.15) is 40.2 Å². The number of likely N-dealkylation sites (N-methyl/N-ethyl adjacent to an activating group) is 1. The first-order valence-electron chi connectivity index (χ1n) is 10.9. The van der Waals surface area contributed by atoms with Crippen LogP contribution in [0.2, 0.25) is 0 Å². The summed E-state index contributed by atoms with van der Waals surface area (Å²) in [6, 6.07) is 11.1. The Morgan fingerprint density at radius 2 is 1.48 bits per heavy atom. The summed E-state index contributed by atoms with van der Waals surface area (Å²) in [5.74, 6) is 0.174. The second kappa shape index (κ2) is 8.33. The molecule has 4 rings (SSSR count). The summed E-state index contributed by atoms with van der Waals surface area (Å²) in [6.45, 7) is 12.6. The summed E-state index contributed by atoms with van der Waals surface area (Å²) in [5.41, 5.74) is 5.28. The molecule has 0 atom stereocenters. The van der Waals surface area contributed by atoms with Gasteiger partial charge in [-0.1, -0.05) is 11.6 Å². The van der Waals surface area contributed by atoms with Crippen LogP contribution in [0.4, 0.5) is 0 Å². The molecule has 0 spiro atoms. The summed E-state index contributed by atoms with van der Waals surface area (Å²) in [5, 5.41) is 0. The van der Waals surface area contributed by atoms with E-state index in [1.165, 1.54) is 0 Å². The fourth-order valence-electron chi connectivity index (χ4n) is 4.86. The van der Waals surface area contributed by atoms with Crippen molar-refractivity contribution in [2.24, 2.45) is 0 Å². The highest BCUT2D eigenvalue weighted by Gasteiger charge is 2.30. The predicted molar refractivity (Wildman–Crippen MR) is 118 cm³/mol. The van der Waals surface area contributed by atoms with Crippen LogP contribution in [-0.2, 0) is 0 Å². The van der Waals surface area contributed by atoms with Crippen molar-refractivity contribution < 1.29 is 4.79 Å². The lowest BCUT2D eigenvalue weighted by molar-refractivity contribution is 0.0518. The van der Waals surface area contributed by atoms with Crippen LogP contribution in [0.5, 0.6) is 0 Å². The minimum Gasteiger partial charge on any atom is -0.338 e. The lowest BCUT2D eigenvalue weighted by Gasteiger charge is -2.42. The summed E-state index contributed by atoms with van der Waals surface area (Å²) in [6.07, 6.45) is 2.16. The van der Waals surface area contributed by atoms with E-state index in [9.17, 15) is 4.79 Å². The third-order valence-electron chi connectivity index (χ3n) is 6.70. The molecule has 2 saturated heterocycles. The van der Waals surface area contributed by atoms with E-state index in [4.69, 9.17) is 0 Å². The summed E-state index contributed by atoms with van der Waals surface area (Å²) in [4.78, 5) is 20.6. The van der Waals surface area contributed by atoms with Gasteiger partial charge in [0.25, 0.3) is 5.91 Å². The Kier molecular flexibility index (Phi) is 5.79. The molecule has 0 saturated carbocycles. The van der Waals surface area contributed by atoms with Gasteiger partial charge >= 0.3 is 0 Å². The first-order chi connectivity index (χ1) is 13.9. The van der Waals surface area contributed by atoms with Crippen LogP contribution in [0.3, 0.4) is 0 Å². The smallest absolute Gasteiger partial charge is 0.255 e. The zero-order valence-corrected chi connectivity index (χ0v) is 18.3. The molecule has 5 nitrogen and oxygen atoms in total. The molecular weight excluding hydrogens is 360 g/mol. The van der Waals surface area contributed by atoms with Gasteiger partial charge in [-0.15, -0.1) is 0 Å². The van der Waals surface area contributed by atoms with Crippen LogP contribution in [0, 0.1) is 20.8 Å². The maximum atomic E-state index is 13.5. The predicted octanol–water partition coefficient (Wildman–Crippen LogP) is 3.25. The molecule has 1 aromatic carbocycles. The second-order valence-corrected chi connectivity index (χ2v) is 8.83. The Morgan fingerprint density at radius 3 is 2.10 bits per heavy atom. The van der Waals surface area contributed by atoms with Gasteiger partial charge < -0.3 is 14.4 Å². The average molecular weight is 395 g/mol. The van der Waals surface area contributed by atoms with Crippen molar-refractivity contribution in [2.75, 3.05) is 46.3 Å². The third-order valence-corrected chi connectivity index (χ3v) is 6.70. The van der Waals surface area contributed by atoms with E-state index in [1.807, 2.05) is 0 Å². The molecular formula is C24H34N4O. The number of piperidine rings is 1. The van der Waals surface area contributed by atoms with E-state index in [0.29, 0.717) is 6.04 Å². The quantitative estimate of drug-likeness (QED) is 0.801. The summed E-state index contributed by atoms with van der Waals surface area (Å²) < 4.78 is 2.20. The van der Waals surface area contributed by atoms with Crippen LogP contribution in [0.25, 0.3) is 5.69 Å². The highest BCUT2D eigenvalue weighted by Crippen LogP contribution is 2.25. The summed E-state index contributed by atoms with van der Waals surface area (Å²) in [7, 11) is 2.20. The molecule has 5 heteroatoms. The van der Waals surface area contributed by atoms with Gasteiger partial charge in [0.05, 0.1) is 11.3 Å². The number of piperazine rings is 1. The van der Waals surface area contributed by atoms with Gasteiger partial charge in [0.15, 0.2) is 0 Å². The number of carbonyl (C=O) groups excluding carboxylic acids is 1. The lowest BCUT2D eigenvalue weighted by atomic mass is 10.0. The maximum Gasteiger partial charge on any atom is 0.255 e. The molecule has 156 valence electrons. The number of carbonyl (C=O) groups is 1. The maximum absolute atomic E-state index is 13.5. The van der Waals surface area contributed by atoms with E-state index >= 15 is 0 Å². The number of nitrogens with zero attached hydrogens (tertiary/aromatic N) is 4. The minimum atomic E-state index is 0.174. The molecule has 0 radical (unpaired) electrons. The number of rotatable bonds is 3. The van der Waals surface area contributed by atoms with Gasteiger partial charge in [-0.25, -0.2) is 0 Å². The van der Waals surface area contributed by atoms with Crippen molar-refractivity contribution in [2.45, 2.75) is 39.7 Å². The molecule has 0 unspecified atom stereocenters. The molecule has 0 bridgehead atoms. The Hall–Kier alpha value is -2.11. The van der Waals surface area contributed by atoms with Gasteiger partial charge in [0, 0.05) is 56.7 Å².